The minimum Gasteiger partial charge on any atom is -0.445 e. The molecule has 0 bridgehead atoms. The summed E-state index contributed by atoms with van der Waals surface area (Å²) in [4.78, 5) is 40.9. The lowest BCUT2D eigenvalue weighted by atomic mass is 10.0. The molecule has 0 aliphatic carbocycles. The van der Waals surface area contributed by atoms with Crippen molar-refractivity contribution in [3.8, 4) is 0 Å². The number of halogens is 1. The molecule has 0 radical (unpaired) electrons. The van der Waals surface area contributed by atoms with Gasteiger partial charge in [0.1, 0.15) is 18.5 Å². The van der Waals surface area contributed by atoms with E-state index in [0.717, 1.165) is 22.0 Å². The van der Waals surface area contributed by atoms with Gasteiger partial charge in [0.25, 0.3) is 0 Å². The lowest BCUT2D eigenvalue weighted by molar-refractivity contribution is -0.123. The molecule has 1 heterocycles. The first-order chi connectivity index (χ1) is 18.4. The van der Waals surface area contributed by atoms with Gasteiger partial charge in [-0.2, -0.15) is 0 Å². The van der Waals surface area contributed by atoms with Crippen LogP contribution in [0.1, 0.15) is 29.7 Å². The van der Waals surface area contributed by atoms with Crippen LogP contribution in [-0.4, -0.2) is 34.8 Å². The average Bonchev–Trinajstić information content (AvgIpc) is 3.35. The van der Waals surface area contributed by atoms with E-state index in [1.807, 2.05) is 67.7 Å². The number of carbonyl (C=O) groups excluding carboxylic acids is 3. The molecule has 9 heteroatoms. The maximum Gasteiger partial charge on any atom is 0.408 e. The number of anilines is 1. The van der Waals surface area contributed by atoms with Gasteiger partial charge in [-0.1, -0.05) is 60.7 Å². The Morgan fingerprint density at radius 1 is 0.947 bits per heavy atom. The van der Waals surface area contributed by atoms with Gasteiger partial charge in [-0.3, -0.25) is 9.59 Å². The number of alkyl halides is 1. The number of amides is 3. The van der Waals surface area contributed by atoms with E-state index >= 15 is 0 Å². The number of fused-ring (bicyclic) bond motifs is 1. The van der Waals surface area contributed by atoms with Crippen molar-refractivity contribution >= 4 is 46.1 Å². The first-order valence-corrected chi connectivity index (χ1v) is 12.7. The molecule has 3 aromatic carbocycles. The van der Waals surface area contributed by atoms with Crippen LogP contribution in [0.4, 0.5) is 10.5 Å². The van der Waals surface area contributed by atoms with Crippen LogP contribution < -0.4 is 16.0 Å². The summed E-state index contributed by atoms with van der Waals surface area (Å²) in [5.74, 6) is -0.820. The van der Waals surface area contributed by atoms with Gasteiger partial charge in [-0.25, -0.2) is 4.79 Å². The van der Waals surface area contributed by atoms with E-state index in [-0.39, 0.29) is 36.8 Å². The zero-order valence-corrected chi connectivity index (χ0v) is 21.6. The Bertz CT molecular complexity index is 1410. The predicted molar refractivity (Wildman–Crippen MR) is 148 cm³/mol. The van der Waals surface area contributed by atoms with Crippen LogP contribution in [0.25, 0.3) is 10.9 Å². The van der Waals surface area contributed by atoms with Crippen LogP contribution in [0, 0.1) is 0 Å². The number of alkyl carbamates (subject to hydrolysis) is 1. The molecule has 0 fully saturated rings. The van der Waals surface area contributed by atoms with Crippen LogP contribution >= 0.6 is 11.6 Å². The molecule has 4 N–H and O–H groups in total. The maximum absolute atomic E-state index is 13.3. The Balaban J connectivity index is 1.45. The van der Waals surface area contributed by atoms with Crippen molar-refractivity contribution in [3.63, 3.8) is 0 Å². The molecular weight excluding hydrogens is 504 g/mol. The second kappa shape index (κ2) is 12.8. The van der Waals surface area contributed by atoms with Crippen molar-refractivity contribution in [1.82, 2.24) is 15.6 Å². The molecule has 3 amide bonds. The molecule has 0 aliphatic rings. The number of hydrogen-bond acceptors (Lipinski definition) is 4. The maximum atomic E-state index is 13.3. The molecular formula is C29H29ClN4O4. The molecule has 0 saturated carbocycles. The Kier molecular flexibility index (Phi) is 9.00. The Hall–Kier alpha value is -4.30. The lowest BCUT2D eigenvalue weighted by Crippen LogP contribution is -2.48. The smallest absolute Gasteiger partial charge is 0.408 e. The molecule has 4 rings (SSSR count). The fraction of sp³-hybridized carbons (Fsp3) is 0.207. The third-order valence-corrected chi connectivity index (χ3v) is 6.31. The van der Waals surface area contributed by atoms with Gasteiger partial charge in [-0.15, -0.1) is 11.6 Å². The molecule has 196 valence electrons. The first-order valence-electron chi connectivity index (χ1n) is 12.2. The van der Waals surface area contributed by atoms with Gasteiger partial charge in [0, 0.05) is 29.2 Å². The number of para-hydroxylation sites is 1. The number of nitrogens with one attached hydrogen (secondary N) is 4. The predicted octanol–water partition coefficient (Wildman–Crippen LogP) is 5.06. The SMILES string of the molecule is C[C@H](NC(=O)[C@@H](Cc1c[nH]c2ccccc12)NC(=O)OCc1cccc(NC(=O)CCl)c1)c1ccccc1. The summed E-state index contributed by atoms with van der Waals surface area (Å²) >= 11 is 5.54. The molecule has 1 aromatic heterocycles. The monoisotopic (exact) mass is 532 g/mol. The van der Waals surface area contributed by atoms with Crippen molar-refractivity contribution in [2.45, 2.75) is 32.0 Å². The minimum atomic E-state index is -0.873. The summed E-state index contributed by atoms with van der Waals surface area (Å²) in [6.07, 6.45) is 1.39. The van der Waals surface area contributed by atoms with E-state index in [2.05, 4.69) is 20.9 Å². The molecule has 4 aromatic rings. The zero-order valence-electron chi connectivity index (χ0n) is 20.9. The van der Waals surface area contributed by atoms with Crippen LogP contribution in [0.3, 0.4) is 0 Å². The Morgan fingerprint density at radius 2 is 1.71 bits per heavy atom. The summed E-state index contributed by atoms with van der Waals surface area (Å²) < 4.78 is 5.41. The second-order valence-electron chi connectivity index (χ2n) is 8.86. The summed E-state index contributed by atoms with van der Waals surface area (Å²) in [6.45, 7) is 1.85. The number of benzene rings is 3. The highest BCUT2D eigenvalue weighted by atomic mass is 35.5. The lowest BCUT2D eigenvalue weighted by Gasteiger charge is -2.21. The van der Waals surface area contributed by atoms with Crippen LogP contribution in [0.5, 0.6) is 0 Å². The fourth-order valence-electron chi connectivity index (χ4n) is 4.13. The van der Waals surface area contributed by atoms with Crippen LogP contribution in [0.2, 0.25) is 0 Å². The molecule has 38 heavy (non-hydrogen) atoms. The van der Waals surface area contributed by atoms with Gasteiger partial charge in [0.05, 0.1) is 6.04 Å². The molecule has 0 saturated heterocycles. The summed E-state index contributed by atoms with van der Waals surface area (Å²) in [5.41, 5.74) is 4.01. The molecule has 2 atom stereocenters. The highest BCUT2D eigenvalue weighted by molar-refractivity contribution is 6.29. The van der Waals surface area contributed by atoms with E-state index in [1.165, 1.54) is 0 Å². The molecule has 0 aliphatic heterocycles. The van der Waals surface area contributed by atoms with E-state index < -0.39 is 12.1 Å². The van der Waals surface area contributed by atoms with E-state index in [4.69, 9.17) is 16.3 Å². The van der Waals surface area contributed by atoms with Crippen LogP contribution in [-0.2, 0) is 27.4 Å². The van der Waals surface area contributed by atoms with E-state index in [0.29, 0.717) is 11.3 Å². The Labute approximate surface area is 225 Å². The minimum absolute atomic E-state index is 0.0434. The number of rotatable bonds is 10. The fourth-order valence-corrected chi connectivity index (χ4v) is 4.20. The number of hydrogen-bond donors (Lipinski definition) is 4. The number of aromatic amines is 1. The number of aromatic nitrogens is 1. The highest BCUT2D eigenvalue weighted by Gasteiger charge is 2.25. The normalized spacial score (nSPS) is 12.4. The van der Waals surface area contributed by atoms with Gasteiger partial charge < -0.3 is 25.7 Å². The van der Waals surface area contributed by atoms with Crippen molar-refractivity contribution in [3.05, 3.63) is 102 Å². The summed E-state index contributed by atoms with van der Waals surface area (Å²) in [6, 6.07) is 23.2. The van der Waals surface area contributed by atoms with Gasteiger partial charge >= 0.3 is 6.09 Å². The summed E-state index contributed by atoms with van der Waals surface area (Å²) in [5, 5.41) is 9.36. The second-order valence-corrected chi connectivity index (χ2v) is 9.13. The van der Waals surface area contributed by atoms with Crippen molar-refractivity contribution in [1.29, 1.82) is 0 Å². The number of H-pyrrole nitrogens is 1. The molecule has 8 nitrogen and oxygen atoms in total. The van der Waals surface area contributed by atoms with E-state index in [9.17, 15) is 14.4 Å². The van der Waals surface area contributed by atoms with Gasteiger partial charge in [0.15, 0.2) is 0 Å². The van der Waals surface area contributed by atoms with Gasteiger partial charge in [0.2, 0.25) is 11.8 Å². The first kappa shape index (κ1) is 26.8. The van der Waals surface area contributed by atoms with Crippen molar-refractivity contribution in [2.24, 2.45) is 0 Å². The zero-order chi connectivity index (χ0) is 26.9. The van der Waals surface area contributed by atoms with Gasteiger partial charge in [-0.05, 0) is 41.8 Å². The largest absolute Gasteiger partial charge is 0.445 e. The molecule has 0 spiro atoms. The highest BCUT2D eigenvalue weighted by Crippen LogP contribution is 2.20. The average molecular weight is 533 g/mol. The summed E-state index contributed by atoms with van der Waals surface area (Å²) in [7, 11) is 0. The standard InChI is InChI=1S/C29H29ClN4O4/c1-19(21-9-3-2-4-10-21)32-28(36)26(15-22-17-31-25-13-6-5-12-24(22)25)34-29(37)38-18-20-8-7-11-23(14-20)33-27(35)16-30/h2-14,17,19,26,31H,15-16,18H2,1H3,(H,32,36)(H,33,35)(H,34,37)/t19-,26+/m0/s1. The van der Waals surface area contributed by atoms with Crippen molar-refractivity contribution < 1.29 is 19.1 Å². The van der Waals surface area contributed by atoms with E-state index in [1.54, 1.807) is 24.3 Å². The third-order valence-electron chi connectivity index (χ3n) is 6.07. The molecule has 0 unspecified atom stereocenters. The number of ether oxygens (including phenoxy) is 1. The quantitative estimate of drug-likeness (QED) is 0.214. The Morgan fingerprint density at radius 3 is 2.50 bits per heavy atom. The van der Waals surface area contributed by atoms with Crippen molar-refractivity contribution in [2.75, 3.05) is 11.2 Å². The number of carbonyl (C=O) groups is 3. The third kappa shape index (κ3) is 7.14. The van der Waals surface area contributed by atoms with Crippen LogP contribution in [0.15, 0.2) is 85.1 Å². The topological polar surface area (TPSA) is 112 Å².